The normalized spacial score (nSPS) is 19.6. The summed E-state index contributed by atoms with van der Waals surface area (Å²) in [4.78, 5) is 53.1. The molecule has 1 unspecified atom stereocenters. The van der Waals surface area contributed by atoms with Gasteiger partial charge >= 0.3 is 12.2 Å². The number of amides is 3. The summed E-state index contributed by atoms with van der Waals surface area (Å²) >= 11 is 0. The van der Waals surface area contributed by atoms with Gasteiger partial charge in [0.2, 0.25) is 0 Å². The second-order valence-electron chi connectivity index (χ2n) is 9.68. The molecule has 2 fully saturated rings. The third-order valence-electron chi connectivity index (χ3n) is 7.26. The van der Waals surface area contributed by atoms with E-state index in [1.165, 1.54) is 11.9 Å². The highest BCUT2D eigenvalue weighted by atomic mass is 16.6. The number of carboxylic acid groups (broad SMARTS) is 1. The molecular formula is C25H30N6O5. The van der Waals surface area contributed by atoms with Crippen molar-refractivity contribution < 1.29 is 24.2 Å². The number of anilines is 3. The summed E-state index contributed by atoms with van der Waals surface area (Å²) in [5.74, 6) is 1.26. The lowest BCUT2D eigenvalue weighted by Gasteiger charge is -2.27. The number of nitrogens with zero attached hydrogens (tertiary/aromatic N) is 6. The molecule has 2 aliphatic heterocycles. The molecule has 0 aromatic carbocycles. The Morgan fingerprint density at radius 1 is 1.17 bits per heavy atom. The van der Waals surface area contributed by atoms with Crippen LogP contribution in [0, 0.1) is 0 Å². The average molecular weight is 495 g/mol. The first-order chi connectivity index (χ1) is 17.2. The number of aromatic nitrogens is 2. The number of pyridine rings is 2. The lowest BCUT2D eigenvalue weighted by Crippen LogP contribution is -2.32. The molecule has 3 amide bonds. The van der Waals surface area contributed by atoms with E-state index in [9.17, 15) is 19.5 Å². The van der Waals surface area contributed by atoms with Crippen LogP contribution in [-0.2, 0) is 17.8 Å². The molecule has 3 aliphatic rings. The molecule has 11 heteroatoms. The monoisotopic (exact) mass is 494 g/mol. The lowest BCUT2D eigenvalue weighted by atomic mass is 10.1. The molecule has 1 aliphatic carbocycles. The van der Waals surface area contributed by atoms with Gasteiger partial charge in [0.1, 0.15) is 24.1 Å². The number of rotatable bonds is 6. The fourth-order valence-corrected chi connectivity index (χ4v) is 5.15. The first-order valence-electron chi connectivity index (χ1n) is 12.2. The Balaban J connectivity index is 1.50. The maximum Gasteiger partial charge on any atom is 0.415 e. The van der Waals surface area contributed by atoms with E-state index in [0.717, 1.165) is 30.6 Å². The largest absolute Gasteiger partial charge is 0.465 e. The number of ether oxygens (including phenoxy) is 1. The Morgan fingerprint density at radius 3 is 2.56 bits per heavy atom. The Kier molecular flexibility index (Phi) is 6.15. The number of carbonyl (C=O) groups is 3. The molecule has 5 rings (SSSR count). The minimum absolute atomic E-state index is 0.0652. The second-order valence-corrected chi connectivity index (χ2v) is 9.68. The number of fused-ring (bicyclic) bond motifs is 1. The highest BCUT2D eigenvalue weighted by molar-refractivity contribution is 6.10. The zero-order valence-corrected chi connectivity index (χ0v) is 20.7. The molecule has 2 aromatic heterocycles. The maximum atomic E-state index is 13.6. The van der Waals surface area contributed by atoms with Crippen LogP contribution in [0.2, 0.25) is 0 Å². The van der Waals surface area contributed by atoms with Crippen molar-refractivity contribution in [3.63, 3.8) is 0 Å². The predicted octanol–water partition coefficient (Wildman–Crippen LogP) is 3.47. The van der Waals surface area contributed by atoms with Crippen LogP contribution < -0.4 is 14.7 Å². The fourth-order valence-electron chi connectivity index (χ4n) is 5.15. The van der Waals surface area contributed by atoms with Crippen molar-refractivity contribution in [3.05, 3.63) is 41.1 Å². The number of hydrogen-bond acceptors (Lipinski definition) is 7. The minimum atomic E-state index is -1.07. The Labute approximate surface area is 209 Å². The van der Waals surface area contributed by atoms with Crippen LogP contribution in [-0.4, -0.2) is 70.9 Å². The fraction of sp³-hybridized carbons (Fsp3) is 0.480. The van der Waals surface area contributed by atoms with Gasteiger partial charge in [0.25, 0.3) is 5.91 Å². The maximum absolute atomic E-state index is 13.6. The average Bonchev–Trinajstić information content (AvgIpc) is 3.59. The van der Waals surface area contributed by atoms with E-state index in [1.54, 1.807) is 23.1 Å². The van der Waals surface area contributed by atoms with Crippen LogP contribution in [0.15, 0.2) is 24.3 Å². The van der Waals surface area contributed by atoms with E-state index in [4.69, 9.17) is 9.72 Å². The first-order valence-corrected chi connectivity index (χ1v) is 12.2. The zero-order chi connectivity index (χ0) is 25.6. The SMILES string of the molecule is CC1COC(=O)N1c1cccc(N2Cc3c(cc(N(C)C4CCCC4)nc3CN(C)C(=O)O)C2=O)n1. The summed E-state index contributed by atoms with van der Waals surface area (Å²) < 4.78 is 5.12. The van der Waals surface area contributed by atoms with Gasteiger partial charge in [-0.25, -0.2) is 19.6 Å². The van der Waals surface area contributed by atoms with Gasteiger partial charge in [-0.1, -0.05) is 18.9 Å². The van der Waals surface area contributed by atoms with E-state index in [2.05, 4.69) is 9.88 Å². The van der Waals surface area contributed by atoms with Crippen molar-refractivity contribution in [2.75, 3.05) is 35.4 Å². The van der Waals surface area contributed by atoms with Crippen LogP contribution in [0.25, 0.3) is 0 Å². The van der Waals surface area contributed by atoms with Crippen molar-refractivity contribution in [2.45, 2.75) is 57.8 Å². The smallest absolute Gasteiger partial charge is 0.415 e. The third-order valence-corrected chi connectivity index (χ3v) is 7.26. The summed E-state index contributed by atoms with van der Waals surface area (Å²) in [6.45, 7) is 2.43. The van der Waals surface area contributed by atoms with Crippen LogP contribution >= 0.6 is 0 Å². The Bertz CT molecular complexity index is 1210. The quantitative estimate of drug-likeness (QED) is 0.648. The second kappa shape index (κ2) is 9.29. The molecule has 190 valence electrons. The third kappa shape index (κ3) is 4.18. The molecule has 0 spiro atoms. The molecule has 0 radical (unpaired) electrons. The van der Waals surface area contributed by atoms with Crippen molar-refractivity contribution in [3.8, 4) is 0 Å². The molecular weight excluding hydrogens is 464 g/mol. The summed E-state index contributed by atoms with van der Waals surface area (Å²) in [7, 11) is 3.47. The Morgan fingerprint density at radius 2 is 1.89 bits per heavy atom. The van der Waals surface area contributed by atoms with Crippen molar-refractivity contribution in [1.82, 2.24) is 14.9 Å². The van der Waals surface area contributed by atoms with E-state index in [-0.39, 0.29) is 31.6 Å². The summed E-state index contributed by atoms with van der Waals surface area (Å²) in [5.41, 5.74) is 1.75. The molecule has 11 nitrogen and oxygen atoms in total. The molecule has 2 aromatic rings. The number of hydrogen-bond donors (Lipinski definition) is 1. The van der Waals surface area contributed by atoms with Gasteiger partial charge in [-0.05, 0) is 38.0 Å². The highest BCUT2D eigenvalue weighted by Gasteiger charge is 2.36. The topological polar surface area (TPSA) is 119 Å². The number of cyclic esters (lactones) is 1. The summed E-state index contributed by atoms with van der Waals surface area (Å²) in [6, 6.07) is 7.18. The summed E-state index contributed by atoms with van der Waals surface area (Å²) in [6.07, 6.45) is 2.91. The summed E-state index contributed by atoms with van der Waals surface area (Å²) in [5, 5.41) is 9.46. The number of carbonyl (C=O) groups excluding carboxylic acids is 2. The zero-order valence-electron chi connectivity index (χ0n) is 20.7. The molecule has 0 bridgehead atoms. The Hall–Kier alpha value is -3.89. The van der Waals surface area contributed by atoms with Gasteiger partial charge in [-0.15, -0.1) is 0 Å². The van der Waals surface area contributed by atoms with Crippen LogP contribution in [0.3, 0.4) is 0 Å². The van der Waals surface area contributed by atoms with Gasteiger partial charge in [-0.2, -0.15) is 0 Å². The van der Waals surface area contributed by atoms with Crippen molar-refractivity contribution in [1.29, 1.82) is 0 Å². The minimum Gasteiger partial charge on any atom is -0.465 e. The first kappa shape index (κ1) is 23.8. The van der Waals surface area contributed by atoms with E-state index in [1.807, 2.05) is 20.0 Å². The van der Waals surface area contributed by atoms with Crippen LogP contribution in [0.4, 0.5) is 27.0 Å². The molecule has 1 atom stereocenters. The van der Waals surface area contributed by atoms with E-state index in [0.29, 0.717) is 40.3 Å². The highest BCUT2D eigenvalue weighted by Crippen LogP contribution is 2.35. The van der Waals surface area contributed by atoms with Crippen molar-refractivity contribution in [2.24, 2.45) is 0 Å². The van der Waals surface area contributed by atoms with Gasteiger partial charge in [0.15, 0.2) is 0 Å². The van der Waals surface area contributed by atoms with Gasteiger partial charge < -0.3 is 19.6 Å². The van der Waals surface area contributed by atoms with Crippen LogP contribution in [0.5, 0.6) is 0 Å². The molecule has 1 saturated heterocycles. The van der Waals surface area contributed by atoms with Gasteiger partial charge in [-0.3, -0.25) is 14.6 Å². The molecule has 36 heavy (non-hydrogen) atoms. The van der Waals surface area contributed by atoms with Gasteiger partial charge in [0.05, 0.1) is 30.4 Å². The predicted molar refractivity (Wildman–Crippen MR) is 132 cm³/mol. The van der Waals surface area contributed by atoms with E-state index >= 15 is 0 Å². The van der Waals surface area contributed by atoms with Crippen LogP contribution in [0.1, 0.15) is 54.2 Å². The molecule has 1 N–H and O–H groups in total. The lowest BCUT2D eigenvalue weighted by molar-refractivity contribution is 0.0995. The van der Waals surface area contributed by atoms with Crippen molar-refractivity contribution >= 4 is 35.5 Å². The molecule has 4 heterocycles. The molecule has 1 saturated carbocycles. The standard InChI is InChI=1S/C25H30N6O5/c1-15-14-36-25(35)31(15)21-10-6-9-20(27-21)30-12-18-17(23(30)32)11-22(29(3)16-7-4-5-8-16)26-19(18)13-28(2)24(33)34/h6,9-11,15-16H,4-5,7-8,12-14H2,1-3H3,(H,33,34). The van der Waals surface area contributed by atoms with Gasteiger partial charge in [0, 0.05) is 25.7 Å². The van der Waals surface area contributed by atoms with E-state index < -0.39 is 12.2 Å².